The molecule has 1 aliphatic heterocycles. The maximum absolute atomic E-state index is 13.6. The van der Waals surface area contributed by atoms with E-state index in [2.05, 4.69) is 0 Å². The molecule has 0 saturated heterocycles. The first kappa shape index (κ1) is 25.2. The Morgan fingerprint density at radius 2 is 1.73 bits per heavy atom. The van der Waals surface area contributed by atoms with Gasteiger partial charge in [0.2, 0.25) is 5.43 Å². The fourth-order valence-electron chi connectivity index (χ4n) is 5.20. The molecule has 1 atom stereocenters. The van der Waals surface area contributed by atoms with Crippen LogP contribution < -0.4 is 19.6 Å². The minimum Gasteiger partial charge on any atom is -0.508 e. The zero-order valence-electron chi connectivity index (χ0n) is 21.8. The van der Waals surface area contributed by atoms with E-state index >= 15 is 0 Å². The third-order valence-corrected chi connectivity index (χ3v) is 7.15. The van der Waals surface area contributed by atoms with Gasteiger partial charge in [-0.1, -0.05) is 54.6 Å². The van der Waals surface area contributed by atoms with Crippen molar-refractivity contribution in [1.82, 2.24) is 0 Å². The highest BCUT2D eigenvalue weighted by atomic mass is 16.5. The van der Waals surface area contributed by atoms with Gasteiger partial charge in [0, 0.05) is 23.5 Å². The number of benzene rings is 4. The number of esters is 1. The number of aromatic hydroxyl groups is 1. The Hall–Kier alpha value is -5.04. The Morgan fingerprint density at radius 3 is 2.50 bits per heavy atom. The number of carbonyl (C=O) groups excluding carboxylic acids is 1. The highest BCUT2D eigenvalue weighted by Gasteiger charge is 2.34. The zero-order chi connectivity index (χ0) is 27.6. The van der Waals surface area contributed by atoms with Crippen LogP contribution in [0.15, 0.2) is 100 Å². The SMILES string of the molecule is COc1cccc([C@H]2CC(=O)Oc3ccc4c(=O)c(-c5ccc(O)cc5)coc4c32)c1OCCc1ccccc1. The molecule has 0 radical (unpaired) electrons. The van der Waals surface area contributed by atoms with E-state index in [4.69, 9.17) is 18.6 Å². The molecule has 7 heteroatoms. The number of rotatable bonds is 7. The molecule has 0 saturated carbocycles. The minimum absolute atomic E-state index is 0.0394. The Balaban J connectivity index is 1.45. The lowest BCUT2D eigenvalue weighted by Gasteiger charge is -2.27. The van der Waals surface area contributed by atoms with Gasteiger partial charge in [-0.05, 0) is 41.5 Å². The summed E-state index contributed by atoms with van der Waals surface area (Å²) in [5.74, 6) is 0.636. The third-order valence-electron chi connectivity index (χ3n) is 7.15. The normalized spacial score (nSPS) is 14.4. The first-order valence-corrected chi connectivity index (χ1v) is 13.0. The summed E-state index contributed by atoms with van der Waals surface area (Å²) in [6.45, 7) is 0.405. The van der Waals surface area contributed by atoms with E-state index in [1.54, 1.807) is 31.4 Å². The van der Waals surface area contributed by atoms with Crippen LogP contribution in [-0.4, -0.2) is 24.8 Å². The smallest absolute Gasteiger partial charge is 0.312 e. The van der Waals surface area contributed by atoms with E-state index in [0.29, 0.717) is 57.9 Å². The second-order valence-electron chi connectivity index (χ2n) is 9.57. The molecular formula is C33H26O7. The molecule has 0 unspecified atom stereocenters. The van der Waals surface area contributed by atoms with Crippen LogP contribution in [0.2, 0.25) is 0 Å². The van der Waals surface area contributed by atoms with Gasteiger partial charge in [0.25, 0.3) is 0 Å². The van der Waals surface area contributed by atoms with Gasteiger partial charge in [0.1, 0.15) is 23.3 Å². The Labute approximate surface area is 230 Å². The predicted molar refractivity (Wildman–Crippen MR) is 150 cm³/mol. The quantitative estimate of drug-likeness (QED) is 0.195. The molecule has 1 aromatic heterocycles. The molecule has 0 fully saturated rings. The molecule has 0 spiro atoms. The second-order valence-corrected chi connectivity index (χ2v) is 9.57. The number of ether oxygens (including phenoxy) is 3. The van der Waals surface area contributed by atoms with Gasteiger partial charge in [0.15, 0.2) is 11.5 Å². The van der Waals surface area contributed by atoms with Crippen molar-refractivity contribution in [1.29, 1.82) is 0 Å². The second kappa shape index (κ2) is 10.6. The van der Waals surface area contributed by atoms with Crippen molar-refractivity contribution in [3.63, 3.8) is 0 Å². The highest BCUT2D eigenvalue weighted by molar-refractivity contribution is 5.90. The van der Waals surface area contributed by atoms with Gasteiger partial charge in [-0.2, -0.15) is 0 Å². The number of para-hydroxylation sites is 1. The summed E-state index contributed by atoms with van der Waals surface area (Å²) in [5, 5.41) is 10.0. The number of methoxy groups -OCH3 is 1. The lowest BCUT2D eigenvalue weighted by Crippen LogP contribution is -2.22. The van der Waals surface area contributed by atoms with Crippen molar-refractivity contribution < 1.29 is 28.5 Å². The third kappa shape index (κ3) is 4.66. The molecular weight excluding hydrogens is 508 g/mol. The van der Waals surface area contributed by atoms with Crippen molar-refractivity contribution in [2.24, 2.45) is 0 Å². The Bertz CT molecular complexity index is 1750. The van der Waals surface area contributed by atoms with Crippen LogP contribution in [0.1, 0.15) is 29.0 Å². The van der Waals surface area contributed by atoms with Gasteiger partial charge in [0.05, 0.1) is 31.1 Å². The number of phenolic OH excluding ortho intramolecular Hbond substituents is 1. The van der Waals surface area contributed by atoms with Crippen molar-refractivity contribution >= 4 is 16.9 Å². The molecule has 0 aliphatic carbocycles. The summed E-state index contributed by atoms with van der Waals surface area (Å²) in [6.07, 6.45) is 2.14. The maximum Gasteiger partial charge on any atom is 0.312 e. The van der Waals surface area contributed by atoms with Crippen molar-refractivity contribution in [2.45, 2.75) is 18.8 Å². The molecule has 7 nitrogen and oxygen atoms in total. The summed E-state index contributed by atoms with van der Waals surface area (Å²) in [7, 11) is 1.57. The number of carbonyl (C=O) groups is 1. The number of fused-ring (bicyclic) bond motifs is 3. The largest absolute Gasteiger partial charge is 0.508 e. The minimum atomic E-state index is -0.496. The molecule has 6 rings (SSSR count). The molecule has 1 N–H and O–H groups in total. The van der Waals surface area contributed by atoms with Gasteiger partial charge >= 0.3 is 5.97 Å². The van der Waals surface area contributed by atoms with Crippen LogP contribution in [0.5, 0.6) is 23.0 Å². The standard InChI is InChI=1S/C33H26O7/c1-37-28-9-5-8-23(32(28)38-17-16-20-6-3-2-4-7-20)25-18-29(35)40-27-15-14-24-31(36)26(19-39-33(24)30(25)27)21-10-12-22(34)13-11-21/h2-15,19,25,34H,16-18H2,1H3/t25-/m1/s1. The molecule has 0 bridgehead atoms. The summed E-state index contributed by atoms with van der Waals surface area (Å²) >= 11 is 0. The molecule has 0 amide bonds. The lowest BCUT2D eigenvalue weighted by atomic mass is 9.84. The molecule has 5 aromatic rings. The molecule has 1 aliphatic rings. The van der Waals surface area contributed by atoms with Crippen LogP contribution >= 0.6 is 0 Å². The Kier molecular flexibility index (Phi) is 6.70. The number of hydrogen-bond donors (Lipinski definition) is 1. The fourth-order valence-corrected chi connectivity index (χ4v) is 5.20. The van der Waals surface area contributed by atoms with Gasteiger partial charge in [-0.25, -0.2) is 0 Å². The number of hydrogen-bond acceptors (Lipinski definition) is 7. The van der Waals surface area contributed by atoms with Crippen LogP contribution in [0, 0.1) is 0 Å². The van der Waals surface area contributed by atoms with E-state index in [-0.39, 0.29) is 17.6 Å². The zero-order valence-corrected chi connectivity index (χ0v) is 21.8. The average Bonchev–Trinajstić information content (AvgIpc) is 2.98. The first-order chi connectivity index (χ1) is 19.5. The summed E-state index contributed by atoms with van der Waals surface area (Å²) in [4.78, 5) is 26.3. The molecule has 4 aromatic carbocycles. The fraction of sp³-hybridized carbons (Fsp3) is 0.152. The van der Waals surface area contributed by atoms with Crippen molar-refractivity contribution in [3.8, 4) is 34.1 Å². The van der Waals surface area contributed by atoms with Crippen LogP contribution in [-0.2, 0) is 11.2 Å². The predicted octanol–water partition coefficient (Wildman–Crippen LogP) is 6.24. The van der Waals surface area contributed by atoms with Crippen LogP contribution in [0.25, 0.3) is 22.1 Å². The van der Waals surface area contributed by atoms with Crippen molar-refractivity contribution in [3.05, 3.63) is 118 Å². The van der Waals surface area contributed by atoms with Gasteiger partial charge < -0.3 is 23.7 Å². The molecule has 2 heterocycles. The monoisotopic (exact) mass is 534 g/mol. The maximum atomic E-state index is 13.6. The van der Waals surface area contributed by atoms with Gasteiger partial charge in [-0.3, -0.25) is 9.59 Å². The molecule has 200 valence electrons. The van der Waals surface area contributed by atoms with Crippen molar-refractivity contribution in [2.75, 3.05) is 13.7 Å². The summed E-state index contributed by atoms with van der Waals surface area (Å²) < 4.78 is 23.6. The van der Waals surface area contributed by atoms with Crippen LogP contribution in [0.3, 0.4) is 0 Å². The van der Waals surface area contributed by atoms with E-state index in [1.165, 1.54) is 18.4 Å². The van der Waals surface area contributed by atoms with E-state index in [0.717, 1.165) is 11.1 Å². The van der Waals surface area contributed by atoms with Gasteiger partial charge in [-0.15, -0.1) is 0 Å². The molecule has 40 heavy (non-hydrogen) atoms. The lowest BCUT2D eigenvalue weighted by molar-refractivity contribution is -0.135. The highest BCUT2D eigenvalue weighted by Crippen LogP contribution is 2.47. The summed E-state index contributed by atoms with van der Waals surface area (Å²) in [6, 6.07) is 25.2. The summed E-state index contributed by atoms with van der Waals surface area (Å²) in [5.41, 5.74) is 3.59. The van der Waals surface area contributed by atoms with Crippen LogP contribution in [0.4, 0.5) is 0 Å². The number of phenols is 1. The average molecular weight is 535 g/mol. The first-order valence-electron chi connectivity index (χ1n) is 13.0. The van der Waals surface area contributed by atoms with E-state index in [9.17, 15) is 14.7 Å². The van der Waals surface area contributed by atoms with E-state index in [1.807, 2.05) is 48.5 Å². The Morgan fingerprint density at radius 1 is 0.925 bits per heavy atom. The topological polar surface area (TPSA) is 95.2 Å². The van der Waals surface area contributed by atoms with E-state index < -0.39 is 11.9 Å².